The molecule has 1 heterocycles. The Morgan fingerprint density at radius 2 is 1.85 bits per heavy atom. The van der Waals surface area contributed by atoms with E-state index in [1.54, 1.807) is 18.2 Å². The fraction of sp³-hybridized carbons (Fsp3) is 0.200. The lowest BCUT2D eigenvalue weighted by Gasteiger charge is -2.06. The summed E-state index contributed by atoms with van der Waals surface area (Å²) in [7, 11) is 0. The number of carbonyl (C=O) groups is 1. The molecule has 0 saturated heterocycles. The highest BCUT2D eigenvalue weighted by molar-refractivity contribution is 5.93. The van der Waals surface area contributed by atoms with Crippen LogP contribution in [0.3, 0.4) is 0 Å². The smallest absolute Gasteiger partial charge is 0.273 e. The molecule has 0 fully saturated rings. The molecule has 26 heavy (non-hydrogen) atoms. The molecule has 1 aromatic heterocycles. The van der Waals surface area contributed by atoms with Gasteiger partial charge in [-0.1, -0.05) is 35.5 Å². The first-order chi connectivity index (χ1) is 12.7. The minimum absolute atomic E-state index is 0.256. The third-order valence-electron chi connectivity index (χ3n) is 3.74. The molecule has 0 radical (unpaired) electrons. The Labute approximate surface area is 150 Å². The number of benzene rings is 2. The van der Waals surface area contributed by atoms with E-state index in [0.717, 1.165) is 18.4 Å². The van der Waals surface area contributed by atoms with Gasteiger partial charge in [0.2, 0.25) is 0 Å². The van der Waals surface area contributed by atoms with Gasteiger partial charge in [0.15, 0.2) is 11.5 Å². The van der Waals surface area contributed by atoms with Crippen LogP contribution in [-0.4, -0.2) is 24.2 Å². The molecule has 3 aromatic rings. The van der Waals surface area contributed by atoms with Crippen LogP contribution in [0.4, 0.5) is 4.39 Å². The predicted octanol–water partition coefficient (Wildman–Crippen LogP) is 4.07. The summed E-state index contributed by atoms with van der Waals surface area (Å²) in [6, 6.07) is 17.0. The number of nitrogens with one attached hydrogen (secondary N) is 1. The lowest BCUT2D eigenvalue weighted by molar-refractivity contribution is 0.0943. The van der Waals surface area contributed by atoms with Gasteiger partial charge in [0, 0.05) is 18.2 Å². The van der Waals surface area contributed by atoms with Gasteiger partial charge in [0.25, 0.3) is 5.91 Å². The van der Waals surface area contributed by atoms with E-state index in [9.17, 15) is 9.18 Å². The summed E-state index contributed by atoms with van der Waals surface area (Å²) in [5.74, 6) is 0.633. The summed E-state index contributed by atoms with van der Waals surface area (Å²) in [6.07, 6.45) is 1.53. The van der Waals surface area contributed by atoms with Crippen molar-refractivity contribution in [3.63, 3.8) is 0 Å². The van der Waals surface area contributed by atoms with Crippen molar-refractivity contribution < 1.29 is 18.4 Å². The van der Waals surface area contributed by atoms with Gasteiger partial charge < -0.3 is 14.6 Å². The van der Waals surface area contributed by atoms with Crippen molar-refractivity contribution in [1.82, 2.24) is 10.5 Å². The first kappa shape index (κ1) is 17.7. The average Bonchev–Trinajstić information content (AvgIpc) is 3.17. The molecule has 3 rings (SSSR count). The molecule has 0 aliphatic rings. The van der Waals surface area contributed by atoms with Gasteiger partial charge in [-0.05, 0) is 37.1 Å². The van der Waals surface area contributed by atoms with Gasteiger partial charge in [0.05, 0.1) is 6.61 Å². The van der Waals surface area contributed by atoms with Gasteiger partial charge in [-0.25, -0.2) is 4.39 Å². The second-order valence-corrected chi connectivity index (χ2v) is 5.71. The zero-order valence-corrected chi connectivity index (χ0v) is 14.2. The maximum Gasteiger partial charge on any atom is 0.273 e. The SMILES string of the molecule is O=C(NCCCCOc1ccc(F)cc1)c1cc(-c2ccccc2)on1. The van der Waals surface area contributed by atoms with E-state index in [-0.39, 0.29) is 17.4 Å². The molecule has 5 nitrogen and oxygen atoms in total. The molecule has 0 aliphatic carbocycles. The molecule has 1 N–H and O–H groups in total. The van der Waals surface area contributed by atoms with Crippen LogP contribution in [0.15, 0.2) is 65.2 Å². The zero-order chi connectivity index (χ0) is 18.2. The van der Waals surface area contributed by atoms with E-state index in [0.29, 0.717) is 24.7 Å². The number of ether oxygens (including phenoxy) is 1. The molecule has 0 bridgehead atoms. The topological polar surface area (TPSA) is 64.4 Å². The molecule has 6 heteroatoms. The molecule has 2 aromatic carbocycles. The molecular formula is C20H19FN2O3. The Morgan fingerprint density at radius 1 is 1.08 bits per heavy atom. The fourth-order valence-electron chi connectivity index (χ4n) is 2.36. The molecule has 0 saturated carbocycles. The van der Waals surface area contributed by atoms with Gasteiger partial charge in [-0.3, -0.25) is 4.79 Å². The molecule has 0 unspecified atom stereocenters. The van der Waals surface area contributed by atoms with E-state index < -0.39 is 0 Å². The maximum atomic E-state index is 12.8. The molecule has 0 spiro atoms. The van der Waals surface area contributed by atoms with Crippen LogP contribution in [-0.2, 0) is 0 Å². The first-order valence-corrected chi connectivity index (χ1v) is 8.41. The van der Waals surface area contributed by atoms with Crippen LogP contribution in [0.25, 0.3) is 11.3 Å². The van der Waals surface area contributed by atoms with Crippen LogP contribution >= 0.6 is 0 Å². The van der Waals surface area contributed by atoms with Crippen molar-refractivity contribution in [2.24, 2.45) is 0 Å². The Balaban J connectivity index is 1.37. The van der Waals surface area contributed by atoms with Crippen LogP contribution in [0.5, 0.6) is 5.75 Å². The normalized spacial score (nSPS) is 10.5. The van der Waals surface area contributed by atoms with Crippen LogP contribution in [0, 0.1) is 5.82 Å². The second-order valence-electron chi connectivity index (χ2n) is 5.71. The number of rotatable bonds is 8. The minimum atomic E-state index is -0.289. The van der Waals surface area contributed by atoms with E-state index in [2.05, 4.69) is 10.5 Å². The number of carbonyl (C=O) groups excluding carboxylic acids is 1. The van der Waals surface area contributed by atoms with E-state index in [4.69, 9.17) is 9.26 Å². The highest BCUT2D eigenvalue weighted by atomic mass is 19.1. The van der Waals surface area contributed by atoms with Gasteiger partial charge in [-0.15, -0.1) is 0 Å². The summed E-state index contributed by atoms with van der Waals surface area (Å²) in [5.41, 5.74) is 1.13. The quantitative estimate of drug-likeness (QED) is 0.619. The van der Waals surface area contributed by atoms with Crippen molar-refractivity contribution in [1.29, 1.82) is 0 Å². The molecular weight excluding hydrogens is 335 g/mol. The van der Waals surface area contributed by atoms with E-state index in [1.165, 1.54) is 12.1 Å². The van der Waals surface area contributed by atoms with Crippen LogP contribution in [0.2, 0.25) is 0 Å². The summed E-state index contributed by atoms with van der Waals surface area (Å²) >= 11 is 0. The number of hydrogen-bond acceptors (Lipinski definition) is 4. The van der Waals surface area contributed by atoms with Gasteiger partial charge >= 0.3 is 0 Å². The standard InChI is InChI=1S/C20H19FN2O3/c21-16-8-10-17(11-9-16)25-13-5-4-12-22-20(24)18-14-19(26-23-18)15-6-2-1-3-7-15/h1-3,6-11,14H,4-5,12-13H2,(H,22,24). The minimum Gasteiger partial charge on any atom is -0.494 e. The van der Waals surface area contributed by atoms with Crippen LogP contribution < -0.4 is 10.1 Å². The van der Waals surface area contributed by atoms with Crippen molar-refractivity contribution >= 4 is 5.91 Å². The van der Waals surface area contributed by atoms with E-state index >= 15 is 0 Å². The molecule has 134 valence electrons. The third-order valence-corrected chi connectivity index (χ3v) is 3.74. The summed E-state index contributed by atoms with van der Waals surface area (Å²) in [6.45, 7) is 1.02. The van der Waals surface area contributed by atoms with Gasteiger partial charge in [-0.2, -0.15) is 0 Å². The highest BCUT2D eigenvalue weighted by Gasteiger charge is 2.12. The summed E-state index contributed by atoms with van der Waals surface area (Å²) in [4.78, 5) is 12.1. The van der Waals surface area contributed by atoms with Crippen molar-refractivity contribution in [2.45, 2.75) is 12.8 Å². The number of unbranched alkanes of at least 4 members (excludes halogenated alkanes) is 1. The number of aromatic nitrogens is 1. The number of halogens is 1. The molecule has 0 aliphatic heterocycles. The monoisotopic (exact) mass is 354 g/mol. The molecule has 0 atom stereocenters. The van der Waals surface area contributed by atoms with Gasteiger partial charge in [0.1, 0.15) is 11.6 Å². The number of amides is 1. The Hall–Kier alpha value is -3.15. The first-order valence-electron chi connectivity index (χ1n) is 8.41. The summed E-state index contributed by atoms with van der Waals surface area (Å²) < 4.78 is 23.5. The largest absolute Gasteiger partial charge is 0.494 e. The lowest BCUT2D eigenvalue weighted by atomic mass is 10.1. The number of nitrogens with zero attached hydrogens (tertiary/aromatic N) is 1. The Morgan fingerprint density at radius 3 is 2.62 bits per heavy atom. The fourth-order valence-corrected chi connectivity index (χ4v) is 2.36. The van der Waals surface area contributed by atoms with Crippen molar-refractivity contribution in [2.75, 3.05) is 13.2 Å². The van der Waals surface area contributed by atoms with Crippen LogP contribution in [0.1, 0.15) is 23.3 Å². The highest BCUT2D eigenvalue weighted by Crippen LogP contribution is 2.19. The Kier molecular flexibility index (Phi) is 5.98. The maximum absolute atomic E-state index is 12.8. The number of hydrogen-bond donors (Lipinski definition) is 1. The molecule has 1 amide bonds. The van der Waals surface area contributed by atoms with Crippen molar-refractivity contribution in [3.8, 4) is 17.1 Å². The third kappa shape index (κ3) is 4.92. The van der Waals surface area contributed by atoms with E-state index in [1.807, 2.05) is 30.3 Å². The second kappa shape index (κ2) is 8.80. The summed E-state index contributed by atoms with van der Waals surface area (Å²) in [5, 5.41) is 6.62. The van der Waals surface area contributed by atoms with Crippen molar-refractivity contribution in [3.05, 3.63) is 72.2 Å². The average molecular weight is 354 g/mol. The predicted molar refractivity (Wildman–Crippen MR) is 95.4 cm³/mol. The Bertz CT molecular complexity index is 832. The zero-order valence-electron chi connectivity index (χ0n) is 14.2. The lowest BCUT2D eigenvalue weighted by Crippen LogP contribution is -2.25.